The molecule has 4 aliphatic carbocycles. The van der Waals surface area contributed by atoms with E-state index in [1.165, 1.54) is 65.5 Å². The van der Waals surface area contributed by atoms with E-state index in [0.29, 0.717) is 11.8 Å². The van der Waals surface area contributed by atoms with E-state index in [1.54, 1.807) is 0 Å². The zero-order chi connectivity index (χ0) is 32.8. The Hall–Kier alpha value is -5.48. The number of nitrogens with zero attached hydrogens (tertiary/aromatic N) is 4. The molecule has 4 aromatic heterocycles. The van der Waals surface area contributed by atoms with Crippen LogP contribution in [0.4, 0.5) is 0 Å². The first-order chi connectivity index (χ1) is 24.7. The van der Waals surface area contributed by atoms with E-state index in [-0.39, 0.29) is 5.41 Å². The maximum atomic E-state index is 4.78. The van der Waals surface area contributed by atoms with E-state index < -0.39 is 0 Å². The number of benzene rings is 4. The molecular formula is C46H36N4. The van der Waals surface area contributed by atoms with Crippen LogP contribution in [0.25, 0.3) is 65.9 Å². The Morgan fingerprint density at radius 2 is 0.820 bits per heavy atom. The molecule has 4 heterocycles. The van der Waals surface area contributed by atoms with Crippen molar-refractivity contribution in [2.24, 2.45) is 23.7 Å². The second-order valence-corrected chi connectivity index (χ2v) is 15.1. The first-order valence-corrected chi connectivity index (χ1v) is 18.2. The van der Waals surface area contributed by atoms with Gasteiger partial charge in [-0.25, -0.2) is 0 Å². The quantitative estimate of drug-likeness (QED) is 0.179. The van der Waals surface area contributed by atoms with E-state index in [1.807, 2.05) is 49.1 Å². The van der Waals surface area contributed by atoms with Crippen LogP contribution in [0.15, 0.2) is 134 Å². The lowest BCUT2D eigenvalue weighted by Crippen LogP contribution is -2.56. The molecule has 0 spiro atoms. The predicted molar refractivity (Wildman–Crippen MR) is 203 cm³/mol. The zero-order valence-electron chi connectivity index (χ0n) is 27.8. The van der Waals surface area contributed by atoms with Gasteiger partial charge in [-0.15, -0.1) is 0 Å². The minimum Gasteiger partial charge on any atom is -0.254 e. The minimum atomic E-state index is 0.0261. The van der Waals surface area contributed by atoms with Gasteiger partial charge >= 0.3 is 0 Å². The van der Waals surface area contributed by atoms with Crippen molar-refractivity contribution in [1.82, 2.24) is 19.9 Å². The van der Waals surface area contributed by atoms with Crippen molar-refractivity contribution in [2.75, 3.05) is 0 Å². The predicted octanol–water partition coefficient (Wildman–Crippen LogP) is 11.0. The molecule has 0 radical (unpaired) electrons. The standard InChI is InChI=1S/C46H36N4/c1-5-32-26-40(38-7-3-19-49-44(38)42(32)47-17-1)30-9-13-34(14-10-30)46(36-22-28-21-29(24-36)25-37(46)23-28)35-15-11-31(12-16-35)41-27-33-6-2-18-48-43(33)45-39(41)8-4-20-50-45/h1-20,26-29,36-37H,21-25H2. The molecule has 0 atom stereocenters. The summed E-state index contributed by atoms with van der Waals surface area (Å²) in [5, 5.41) is 4.56. The van der Waals surface area contributed by atoms with Gasteiger partial charge in [-0.1, -0.05) is 72.8 Å². The Bertz CT molecular complexity index is 2410. The summed E-state index contributed by atoms with van der Waals surface area (Å²) in [7, 11) is 0. The average molecular weight is 645 g/mol. The third-order valence-electron chi connectivity index (χ3n) is 12.7. The fourth-order valence-corrected chi connectivity index (χ4v) is 10.9. The first-order valence-electron chi connectivity index (χ1n) is 18.2. The maximum Gasteiger partial charge on any atom is 0.0970 e. The lowest BCUT2D eigenvalue weighted by Gasteiger charge is -2.62. The van der Waals surface area contributed by atoms with Gasteiger partial charge in [0.25, 0.3) is 0 Å². The third-order valence-corrected chi connectivity index (χ3v) is 12.7. The highest BCUT2D eigenvalue weighted by Crippen LogP contribution is 2.65. The molecule has 8 aromatic rings. The van der Waals surface area contributed by atoms with Crippen LogP contribution in [0.2, 0.25) is 0 Å². The van der Waals surface area contributed by atoms with Gasteiger partial charge in [-0.05, 0) is 126 Å². The molecule has 0 aliphatic heterocycles. The zero-order valence-corrected chi connectivity index (χ0v) is 27.8. The molecule has 0 amide bonds. The topological polar surface area (TPSA) is 51.6 Å². The lowest BCUT2D eigenvalue weighted by atomic mass is 9.42. The van der Waals surface area contributed by atoms with Gasteiger partial charge in [0.15, 0.2) is 0 Å². The number of fused-ring (bicyclic) bond motifs is 6. The van der Waals surface area contributed by atoms with Crippen LogP contribution in [-0.4, -0.2) is 19.9 Å². The van der Waals surface area contributed by atoms with Gasteiger partial charge in [0, 0.05) is 51.7 Å². The Balaban J connectivity index is 1.05. The number of rotatable bonds is 4. The van der Waals surface area contributed by atoms with Crippen LogP contribution in [0.1, 0.15) is 43.2 Å². The first kappa shape index (κ1) is 28.4. The lowest BCUT2D eigenvalue weighted by molar-refractivity contribution is -0.0418. The summed E-state index contributed by atoms with van der Waals surface area (Å²) in [6, 6.07) is 40.7. The van der Waals surface area contributed by atoms with E-state index in [4.69, 9.17) is 9.97 Å². The maximum absolute atomic E-state index is 4.78. The molecule has 4 heteroatoms. The van der Waals surface area contributed by atoms with Crippen LogP contribution in [0, 0.1) is 23.7 Å². The van der Waals surface area contributed by atoms with Crippen molar-refractivity contribution < 1.29 is 0 Å². The van der Waals surface area contributed by atoms with Gasteiger partial charge in [0.05, 0.1) is 22.1 Å². The Morgan fingerprint density at radius 3 is 1.26 bits per heavy atom. The van der Waals surface area contributed by atoms with Crippen molar-refractivity contribution in [3.63, 3.8) is 0 Å². The Morgan fingerprint density at radius 1 is 0.420 bits per heavy atom. The van der Waals surface area contributed by atoms with E-state index in [0.717, 1.165) is 55.4 Å². The molecule has 4 fully saturated rings. The largest absolute Gasteiger partial charge is 0.254 e. The highest BCUT2D eigenvalue weighted by atomic mass is 14.7. The van der Waals surface area contributed by atoms with Gasteiger partial charge in [0.2, 0.25) is 0 Å². The summed E-state index contributed by atoms with van der Waals surface area (Å²) >= 11 is 0. The highest BCUT2D eigenvalue weighted by molar-refractivity contribution is 6.11. The summed E-state index contributed by atoms with van der Waals surface area (Å²) in [5.41, 5.74) is 11.8. The van der Waals surface area contributed by atoms with Crippen molar-refractivity contribution in [1.29, 1.82) is 0 Å². The molecule has 0 N–H and O–H groups in total. The average Bonchev–Trinajstić information content (AvgIpc) is 3.17. The van der Waals surface area contributed by atoms with Crippen LogP contribution < -0.4 is 0 Å². The second-order valence-electron chi connectivity index (χ2n) is 15.1. The smallest absolute Gasteiger partial charge is 0.0970 e. The Labute approximate surface area is 291 Å². The fraction of sp³-hybridized carbons (Fsp3) is 0.217. The summed E-state index contributed by atoms with van der Waals surface area (Å²) in [4.78, 5) is 18.9. The third kappa shape index (κ3) is 4.05. The monoisotopic (exact) mass is 644 g/mol. The molecule has 0 saturated heterocycles. The summed E-state index contributed by atoms with van der Waals surface area (Å²) in [5.74, 6) is 3.12. The van der Waals surface area contributed by atoms with E-state index >= 15 is 0 Å². The number of aromatic nitrogens is 4. The molecule has 4 nitrogen and oxygen atoms in total. The van der Waals surface area contributed by atoms with Gasteiger partial charge < -0.3 is 0 Å². The van der Waals surface area contributed by atoms with Crippen molar-refractivity contribution in [2.45, 2.75) is 37.5 Å². The summed E-state index contributed by atoms with van der Waals surface area (Å²) in [6.45, 7) is 0. The van der Waals surface area contributed by atoms with E-state index in [9.17, 15) is 0 Å². The normalized spacial score (nSPS) is 22.2. The van der Waals surface area contributed by atoms with Crippen molar-refractivity contribution >= 4 is 43.6 Å². The summed E-state index contributed by atoms with van der Waals surface area (Å²) < 4.78 is 0. The van der Waals surface area contributed by atoms with Gasteiger partial charge in [0.1, 0.15) is 0 Å². The number of pyridine rings is 4. The van der Waals surface area contributed by atoms with Crippen LogP contribution >= 0.6 is 0 Å². The molecule has 240 valence electrons. The molecule has 4 aromatic carbocycles. The summed E-state index contributed by atoms with van der Waals surface area (Å²) in [6.07, 6.45) is 14.3. The molecule has 50 heavy (non-hydrogen) atoms. The van der Waals surface area contributed by atoms with Crippen molar-refractivity contribution in [3.8, 4) is 22.3 Å². The Kier molecular flexibility index (Phi) is 6.10. The number of hydrogen-bond acceptors (Lipinski definition) is 4. The molecule has 0 unspecified atom stereocenters. The van der Waals surface area contributed by atoms with Gasteiger partial charge in [-0.2, -0.15) is 0 Å². The van der Waals surface area contributed by atoms with Crippen LogP contribution in [0.3, 0.4) is 0 Å². The van der Waals surface area contributed by atoms with Crippen molar-refractivity contribution in [3.05, 3.63) is 145 Å². The molecule has 4 saturated carbocycles. The fourth-order valence-electron chi connectivity index (χ4n) is 10.9. The van der Waals surface area contributed by atoms with Gasteiger partial charge in [-0.3, -0.25) is 19.9 Å². The van der Waals surface area contributed by atoms with E-state index in [2.05, 4.69) is 94.9 Å². The molecular weight excluding hydrogens is 609 g/mol. The number of hydrogen-bond donors (Lipinski definition) is 0. The minimum absolute atomic E-state index is 0.0261. The molecule has 4 aliphatic rings. The molecule has 12 rings (SSSR count). The van der Waals surface area contributed by atoms with Crippen LogP contribution in [0.5, 0.6) is 0 Å². The molecule has 4 bridgehead atoms. The highest BCUT2D eigenvalue weighted by Gasteiger charge is 2.58. The van der Waals surface area contributed by atoms with Crippen LogP contribution in [-0.2, 0) is 5.41 Å². The second kappa shape index (κ2) is 10.8. The SMILES string of the molecule is c1cnc2c(c1)cc(-c1ccc(C3(c4ccc(-c5cc6cccnc6c6ncccc56)cc4)C4CC5CC(C4)CC3C5)cc1)c1cccnc12.